The number of methoxy groups -OCH3 is 1. The molecule has 0 radical (unpaired) electrons. The Morgan fingerprint density at radius 2 is 1.53 bits per heavy atom. The lowest BCUT2D eigenvalue weighted by Gasteiger charge is -2.22. The van der Waals surface area contributed by atoms with Crippen LogP contribution in [-0.2, 0) is 14.3 Å². The Bertz CT molecular complexity index is 237. The molecule has 0 aromatic rings. The molecule has 0 saturated carbocycles. The van der Waals surface area contributed by atoms with E-state index in [9.17, 15) is 14.7 Å². The van der Waals surface area contributed by atoms with Gasteiger partial charge < -0.3 is 25.2 Å². The zero-order valence-corrected chi connectivity index (χ0v) is 8.32. The van der Waals surface area contributed by atoms with Crippen LogP contribution < -0.4 is 0 Å². The number of esters is 1. The maximum absolute atomic E-state index is 11.0. The Morgan fingerprint density at radius 3 is 1.87 bits per heavy atom. The van der Waals surface area contributed by atoms with E-state index in [-0.39, 0.29) is 0 Å². The molecular weight excluding hydrogens is 208 g/mol. The number of hydrogen-bond donors (Lipinski definition) is 4. The van der Waals surface area contributed by atoms with Crippen LogP contribution in [0.3, 0.4) is 0 Å². The zero-order valence-electron chi connectivity index (χ0n) is 8.32. The second-order valence-electron chi connectivity index (χ2n) is 3.02. The predicted molar refractivity (Wildman–Crippen MR) is 46.7 cm³/mol. The second-order valence-corrected chi connectivity index (χ2v) is 3.02. The Kier molecular flexibility index (Phi) is 5.37. The summed E-state index contributed by atoms with van der Waals surface area (Å²) in [6.07, 6.45) is -7.15. The standard InChI is InChI=1S/C8H14O7/c1-3(9)4(10)5(11)6(12)7(13)8(14)15-2/h3-6,9-12H,1-2H3. The quantitative estimate of drug-likeness (QED) is 0.292. The SMILES string of the molecule is COC(=O)C(=O)C(O)C(O)C(O)C(C)O. The van der Waals surface area contributed by atoms with Gasteiger partial charge in [-0.3, -0.25) is 4.79 Å². The van der Waals surface area contributed by atoms with Crippen molar-refractivity contribution in [2.75, 3.05) is 7.11 Å². The lowest BCUT2D eigenvalue weighted by Crippen LogP contribution is -2.48. The average Bonchev–Trinajstić information content (AvgIpc) is 2.23. The second kappa shape index (κ2) is 5.76. The van der Waals surface area contributed by atoms with Crippen molar-refractivity contribution in [1.82, 2.24) is 0 Å². The summed E-state index contributed by atoms with van der Waals surface area (Å²) in [5, 5.41) is 36.3. The largest absolute Gasteiger partial charge is 0.463 e. The van der Waals surface area contributed by atoms with Crippen molar-refractivity contribution in [1.29, 1.82) is 0 Å². The van der Waals surface area contributed by atoms with E-state index in [0.717, 1.165) is 14.0 Å². The van der Waals surface area contributed by atoms with Gasteiger partial charge in [0.2, 0.25) is 0 Å². The Morgan fingerprint density at radius 1 is 1.07 bits per heavy atom. The van der Waals surface area contributed by atoms with E-state index in [4.69, 9.17) is 15.3 Å². The minimum atomic E-state index is -2.12. The molecule has 0 saturated heterocycles. The molecule has 7 heteroatoms. The zero-order chi connectivity index (χ0) is 12.2. The summed E-state index contributed by atoms with van der Waals surface area (Å²) in [5.41, 5.74) is 0. The van der Waals surface area contributed by atoms with Crippen LogP contribution in [-0.4, -0.2) is 63.7 Å². The molecule has 4 unspecified atom stereocenters. The van der Waals surface area contributed by atoms with E-state index in [1.807, 2.05) is 0 Å². The van der Waals surface area contributed by atoms with Gasteiger partial charge in [0.25, 0.3) is 5.78 Å². The number of ketones is 1. The molecule has 0 aliphatic heterocycles. The summed E-state index contributed by atoms with van der Waals surface area (Å²) < 4.78 is 4.02. The van der Waals surface area contributed by atoms with Crippen LogP contribution in [0.5, 0.6) is 0 Å². The summed E-state index contributed by atoms with van der Waals surface area (Å²) in [6.45, 7) is 1.16. The average molecular weight is 222 g/mol. The summed E-state index contributed by atoms with van der Waals surface area (Å²) in [6, 6.07) is 0. The minimum Gasteiger partial charge on any atom is -0.463 e. The van der Waals surface area contributed by atoms with Crippen LogP contribution in [0.4, 0.5) is 0 Å². The molecule has 0 aliphatic carbocycles. The molecule has 0 amide bonds. The molecule has 15 heavy (non-hydrogen) atoms. The lowest BCUT2D eigenvalue weighted by atomic mass is 10.0. The van der Waals surface area contributed by atoms with Crippen LogP contribution in [0.2, 0.25) is 0 Å². The molecule has 0 spiro atoms. The van der Waals surface area contributed by atoms with Crippen molar-refractivity contribution in [2.45, 2.75) is 31.3 Å². The first-order valence-corrected chi connectivity index (χ1v) is 4.17. The molecule has 7 nitrogen and oxygen atoms in total. The first-order valence-electron chi connectivity index (χ1n) is 4.17. The van der Waals surface area contributed by atoms with Gasteiger partial charge in [0.05, 0.1) is 13.2 Å². The van der Waals surface area contributed by atoms with E-state index in [2.05, 4.69) is 4.74 Å². The topological polar surface area (TPSA) is 124 Å². The van der Waals surface area contributed by atoms with Gasteiger partial charge in [-0.05, 0) is 6.92 Å². The maximum atomic E-state index is 11.0. The van der Waals surface area contributed by atoms with E-state index >= 15 is 0 Å². The third-order valence-corrected chi connectivity index (χ3v) is 1.82. The Hall–Kier alpha value is -1.02. The summed E-state index contributed by atoms with van der Waals surface area (Å²) in [5.74, 6) is -2.72. The van der Waals surface area contributed by atoms with E-state index in [0.29, 0.717) is 0 Å². The molecule has 0 bridgehead atoms. The predicted octanol–water partition coefficient (Wildman–Crippen LogP) is -2.81. The van der Waals surface area contributed by atoms with Crippen molar-refractivity contribution in [3.05, 3.63) is 0 Å². The molecule has 0 aromatic carbocycles. The number of ether oxygens (including phenoxy) is 1. The van der Waals surface area contributed by atoms with Crippen molar-refractivity contribution in [3.63, 3.8) is 0 Å². The fraction of sp³-hybridized carbons (Fsp3) is 0.750. The first-order chi connectivity index (χ1) is 6.82. The van der Waals surface area contributed by atoms with Gasteiger partial charge >= 0.3 is 5.97 Å². The number of carbonyl (C=O) groups excluding carboxylic acids is 2. The molecule has 4 atom stereocenters. The molecule has 0 rings (SSSR count). The van der Waals surface area contributed by atoms with Gasteiger partial charge in [0.15, 0.2) is 6.10 Å². The number of aliphatic hydroxyl groups excluding tert-OH is 4. The summed E-state index contributed by atoms with van der Waals surface area (Å²) in [4.78, 5) is 21.6. The van der Waals surface area contributed by atoms with Crippen LogP contribution >= 0.6 is 0 Å². The number of Topliss-reactive ketones (excluding diaryl/α,β-unsaturated/α-hetero) is 1. The van der Waals surface area contributed by atoms with Crippen molar-refractivity contribution >= 4 is 11.8 Å². The first kappa shape index (κ1) is 14.0. The highest BCUT2D eigenvalue weighted by Gasteiger charge is 2.36. The van der Waals surface area contributed by atoms with Gasteiger partial charge in [-0.15, -0.1) is 0 Å². The van der Waals surface area contributed by atoms with Crippen molar-refractivity contribution in [3.8, 4) is 0 Å². The maximum Gasteiger partial charge on any atom is 0.377 e. The highest BCUT2D eigenvalue weighted by atomic mass is 16.5. The molecule has 0 fully saturated rings. The highest BCUT2D eigenvalue weighted by Crippen LogP contribution is 2.06. The van der Waals surface area contributed by atoms with Gasteiger partial charge in [-0.25, -0.2) is 4.79 Å². The van der Waals surface area contributed by atoms with Gasteiger partial charge in [-0.2, -0.15) is 0 Å². The Labute approximate surface area is 85.9 Å². The number of hydrogen-bond acceptors (Lipinski definition) is 7. The molecule has 0 aliphatic rings. The molecule has 4 N–H and O–H groups in total. The van der Waals surface area contributed by atoms with E-state index < -0.39 is 36.2 Å². The number of carbonyl (C=O) groups is 2. The number of aliphatic hydroxyl groups is 4. The fourth-order valence-corrected chi connectivity index (χ4v) is 0.849. The Balaban J connectivity index is 4.50. The van der Waals surface area contributed by atoms with Crippen LogP contribution in [0.25, 0.3) is 0 Å². The van der Waals surface area contributed by atoms with Gasteiger partial charge in [-0.1, -0.05) is 0 Å². The smallest absolute Gasteiger partial charge is 0.377 e. The molecule has 0 aromatic heterocycles. The van der Waals surface area contributed by atoms with Crippen LogP contribution in [0.1, 0.15) is 6.92 Å². The summed E-state index contributed by atoms with van der Waals surface area (Å²) >= 11 is 0. The third-order valence-electron chi connectivity index (χ3n) is 1.82. The third kappa shape index (κ3) is 3.56. The molecule has 0 heterocycles. The minimum absolute atomic E-state index is 0.935. The highest BCUT2D eigenvalue weighted by molar-refractivity contribution is 6.35. The monoisotopic (exact) mass is 222 g/mol. The normalized spacial score (nSPS) is 18.8. The van der Waals surface area contributed by atoms with E-state index in [1.165, 1.54) is 0 Å². The molecular formula is C8H14O7. The van der Waals surface area contributed by atoms with Crippen LogP contribution in [0, 0.1) is 0 Å². The van der Waals surface area contributed by atoms with Crippen molar-refractivity contribution in [2.24, 2.45) is 0 Å². The van der Waals surface area contributed by atoms with Gasteiger partial charge in [0, 0.05) is 0 Å². The fourth-order valence-electron chi connectivity index (χ4n) is 0.849. The van der Waals surface area contributed by atoms with Gasteiger partial charge in [0.1, 0.15) is 12.2 Å². The van der Waals surface area contributed by atoms with E-state index in [1.54, 1.807) is 0 Å². The summed E-state index contributed by atoms with van der Waals surface area (Å²) in [7, 11) is 0.935. The van der Waals surface area contributed by atoms with Crippen LogP contribution in [0.15, 0.2) is 0 Å². The lowest BCUT2D eigenvalue weighted by molar-refractivity contribution is -0.163. The number of rotatable bonds is 5. The molecule has 88 valence electrons. The van der Waals surface area contributed by atoms with Crippen molar-refractivity contribution < 1.29 is 34.8 Å².